The molecule has 14 heavy (non-hydrogen) atoms. The second-order valence-corrected chi connectivity index (χ2v) is 3.48. The van der Waals surface area contributed by atoms with Gasteiger partial charge in [-0.3, -0.25) is 4.79 Å². The average molecular weight is 202 g/mol. The summed E-state index contributed by atoms with van der Waals surface area (Å²) in [5.41, 5.74) is 0. The van der Waals surface area contributed by atoms with Crippen LogP contribution in [0, 0.1) is 11.8 Å². The van der Waals surface area contributed by atoms with E-state index in [4.69, 9.17) is 5.26 Å². The van der Waals surface area contributed by atoms with Crippen LogP contribution in [0.5, 0.6) is 0 Å². The van der Waals surface area contributed by atoms with E-state index in [1.165, 1.54) is 7.11 Å². The van der Waals surface area contributed by atoms with Crippen molar-refractivity contribution in [3.05, 3.63) is 0 Å². The highest BCUT2D eigenvalue weighted by atomic mass is 17.1. The molecule has 0 aromatic carbocycles. The molecule has 5 heteroatoms. The molecule has 0 unspecified atom stereocenters. The number of rotatable bonds is 2. The van der Waals surface area contributed by atoms with E-state index >= 15 is 0 Å². The Hall–Kier alpha value is -1.10. The number of carbonyl (C=O) groups excluding carboxylic acids is 2. The fourth-order valence-electron chi connectivity index (χ4n) is 1.81. The lowest BCUT2D eigenvalue weighted by molar-refractivity contribution is -0.240. The maximum atomic E-state index is 11.1. The minimum absolute atomic E-state index is 0.109. The fourth-order valence-corrected chi connectivity index (χ4v) is 1.81. The first-order valence-electron chi connectivity index (χ1n) is 4.62. The van der Waals surface area contributed by atoms with Gasteiger partial charge in [-0.05, 0) is 25.7 Å². The van der Waals surface area contributed by atoms with E-state index in [-0.39, 0.29) is 17.8 Å². The van der Waals surface area contributed by atoms with Crippen LogP contribution in [0.25, 0.3) is 0 Å². The van der Waals surface area contributed by atoms with Crippen molar-refractivity contribution < 1.29 is 24.5 Å². The smallest absolute Gasteiger partial charge is 0.345 e. The molecule has 5 nitrogen and oxygen atoms in total. The standard InChI is InChI=1S/C9H14O5/c1-13-8(10)6-2-4-7(5-3-6)9(11)14-12/h6-7,12H,2-5H2,1H3. The summed E-state index contributed by atoms with van der Waals surface area (Å²) in [7, 11) is 1.36. The molecule has 0 radical (unpaired) electrons. The minimum atomic E-state index is -0.603. The van der Waals surface area contributed by atoms with Crippen LogP contribution >= 0.6 is 0 Å². The summed E-state index contributed by atoms with van der Waals surface area (Å²) >= 11 is 0. The molecule has 0 aliphatic heterocycles. The lowest BCUT2D eigenvalue weighted by atomic mass is 9.82. The molecule has 1 rings (SSSR count). The molecule has 1 fully saturated rings. The number of hydrogen-bond donors (Lipinski definition) is 1. The number of carbonyl (C=O) groups is 2. The van der Waals surface area contributed by atoms with Crippen LogP contribution < -0.4 is 0 Å². The monoisotopic (exact) mass is 202 g/mol. The predicted octanol–water partition coefficient (Wildman–Crippen LogP) is 0.982. The highest BCUT2D eigenvalue weighted by Crippen LogP contribution is 2.29. The quantitative estimate of drug-likeness (QED) is 0.410. The third-order valence-corrected chi connectivity index (χ3v) is 2.69. The Balaban J connectivity index is 2.38. The Kier molecular flexibility index (Phi) is 3.88. The first-order valence-corrected chi connectivity index (χ1v) is 4.62. The van der Waals surface area contributed by atoms with Gasteiger partial charge >= 0.3 is 11.9 Å². The Morgan fingerprint density at radius 2 is 1.50 bits per heavy atom. The van der Waals surface area contributed by atoms with Crippen LogP contribution in [0.1, 0.15) is 25.7 Å². The van der Waals surface area contributed by atoms with Crippen LogP contribution in [-0.4, -0.2) is 24.3 Å². The van der Waals surface area contributed by atoms with Crippen LogP contribution in [0.3, 0.4) is 0 Å². The van der Waals surface area contributed by atoms with E-state index in [1.807, 2.05) is 0 Å². The molecule has 1 aliphatic carbocycles. The predicted molar refractivity (Wildman–Crippen MR) is 46.2 cm³/mol. The zero-order valence-corrected chi connectivity index (χ0v) is 8.06. The molecular weight excluding hydrogens is 188 g/mol. The van der Waals surface area contributed by atoms with Crippen molar-refractivity contribution in [2.45, 2.75) is 25.7 Å². The van der Waals surface area contributed by atoms with Crippen LogP contribution in [0.2, 0.25) is 0 Å². The van der Waals surface area contributed by atoms with E-state index in [1.54, 1.807) is 0 Å². The highest BCUT2D eigenvalue weighted by Gasteiger charge is 2.31. The fraction of sp³-hybridized carbons (Fsp3) is 0.778. The summed E-state index contributed by atoms with van der Waals surface area (Å²) in [5.74, 6) is -1.21. The maximum Gasteiger partial charge on any atom is 0.345 e. The largest absolute Gasteiger partial charge is 0.469 e. The van der Waals surface area contributed by atoms with Crippen molar-refractivity contribution in [3.63, 3.8) is 0 Å². The second-order valence-electron chi connectivity index (χ2n) is 3.48. The number of methoxy groups -OCH3 is 1. The number of ether oxygens (including phenoxy) is 1. The molecule has 0 amide bonds. The van der Waals surface area contributed by atoms with Crippen molar-refractivity contribution in [1.29, 1.82) is 0 Å². The molecule has 1 aliphatic rings. The first-order chi connectivity index (χ1) is 6.69. The topological polar surface area (TPSA) is 72.8 Å². The van der Waals surface area contributed by atoms with Gasteiger partial charge in [-0.1, -0.05) is 0 Å². The summed E-state index contributed by atoms with van der Waals surface area (Å²) in [4.78, 5) is 25.7. The lowest BCUT2D eigenvalue weighted by Crippen LogP contribution is -2.27. The van der Waals surface area contributed by atoms with Crippen LogP contribution in [0.15, 0.2) is 0 Å². The summed E-state index contributed by atoms with van der Waals surface area (Å²) in [6.07, 6.45) is 2.37. The third kappa shape index (κ3) is 2.45. The van der Waals surface area contributed by atoms with Crippen molar-refractivity contribution >= 4 is 11.9 Å². The van der Waals surface area contributed by atoms with Gasteiger partial charge in [-0.25, -0.2) is 4.79 Å². The molecule has 80 valence electrons. The van der Waals surface area contributed by atoms with Crippen molar-refractivity contribution in [3.8, 4) is 0 Å². The van der Waals surface area contributed by atoms with E-state index in [0.717, 1.165) is 0 Å². The lowest BCUT2D eigenvalue weighted by Gasteiger charge is -2.24. The van der Waals surface area contributed by atoms with Crippen LogP contribution in [0.4, 0.5) is 0 Å². The Bertz CT molecular complexity index is 193. The number of esters is 1. The van der Waals surface area contributed by atoms with Crippen LogP contribution in [-0.2, 0) is 19.2 Å². The first kappa shape index (κ1) is 11.0. The molecule has 0 aromatic rings. The Morgan fingerprint density at radius 3 is 1.86 bits per heavy atom. The molecule has 0 aromatic heterocycles. The third-order valence-electron chi connectivity index (χ3n) is 2.69. The van der Waals surface area contributed by atoms with Gasteiger partial charge in [0.25, 0.3) is 0 Å². The van der Waals surface area contributed by atoms with E-state index in [2.05, 4.69) is 9.62 Å². The van der Waals surface area contributed by atoms with Crippen molar-refractivity contribution in [2.24, 2.45) is 11.8 Å². The normalized spacial score (nSPS) is 26.7. The SMILES string of the molecule is COC(=O)C1CCC(C(=O)OO)CC1. The second kappa shape index (κ2) is 4.95. The Morgan fingerprint density at radius 1 is 1.07 bits per heavy atom. The average Bonchev–Trinajstić information content (AvgIpc) is 2.27. The maximum absolute atomic E-state index is 11.1. The van der Waals surface area contributed by atoms with E-state index < -0.39 is 5.97 Å². The van der Waals surface area contributed by atoms with Gasteiger partial charge in [0.05, 0.1) is 18.9 Å². The minimum Gasteiger partial charge on any atom is -0.469 e. The van der Waals surface area contributed by atoms with Gasteiger partial charge in [0, 0.05) is 0 Å². The van der Waals surface area contributed by atoms with E-state index in [9.17, 15) is 9.59 Å². The zero-order valence-electron chi connectivity index (χ0n) is 8.06. The molecule has 0 bridgehead atoms. The molecule has 0 atom stereocenters. The molecular formula is C9H14O5. The van der Waals surface area contributed by atoms with Crippen molar-refractivity contribution in [1.82, 2.24) is 0 Å². The van der Waals surface area contributed by atoms with Gasteiger partial charge in [0.15, 0.2) is 0 Å². The molecule has 1 N–H and O–H groups in total. The Labute approximate surface area is 81.9 Å². The molecule has 0 spiro atoms. The van der Waals surface area contributed by atoms with Gasteiger partial charge in [-0.2, -0.15) is 5.26 Å². The van der Waals surface area contributed by atoms with Gasteiger partial charge in [0.2, 0.25) is 0 Å². The summed E-state index contributed by atoms with van der Waals surface area (Å²) in [6.45, 7) is 0. The molecule has 1 saturated carbocycles. The van der Waals surface area contributed by atoms with Gasteiger partial charge in [0.1, 0.15) is 0 Å². The summed E-state index contributed by atoms with van der Waals surface area (Å²) < 4.78 is 4.61. The molecule has 0 heterocycles. The molecule has 0 saturated heterocycles. The summed E-state index contributed by atoms with van der Waals surface area (Å²) in [5, 5.41) is 8.17. The summed E-state index contributed by atoms with van der Waals surface area (Å²) in [6, 6.07) is 0. The number of hydrogen-bond acceptors (Lipinski definition) is 5. The van der Waals surface area contributed by atoms with Gasteiger partial charge in [-0.15, -0.1) is 0 Å². The van der Waals surface area contributed by atoms with Gasteiger partial charge < -0.3 is 9.62 Å². The highest BCUT2D eigenvalue weighted by molar-refractivity contribution is 5.74. The van der Waals surface area contributed by atoms with Crippen molar-refractivity contribution in [2.75, 3.05) is 7.11 Å². The zero-order chi connectivity index (χ0) is 10.6. The van der Waals surface area contributed by atoms with E-state index in [0.29, 0.717) is 25.7 Å².